The smallest absolute Gasteiger partial charge is 0.263 e. The SMILES string of the molecule is Cc1csc(CO)c1S(=O)(=O)Nc1cccc(F)c1C. The lowest BCUT2D eigenvalue weighted by Crippen LogP contribution is -2.16. The third kappa shape index (κ3) is 2.70. The molecular formula is C13H14FNO3S2. The molecule has 1 aromatic heterocycles. The first-order chi connectivity index (χ1) is 9.36. The minimum Gasteiger partial charge on any atom is -0.391 e. The van der Waals surface area contributed by atoms with Crippen molar-refractivity contribution in [2.24, 2.45) is 0 Å². The maximum atomic E-state index is 13.4. The molecule has 0 bridgehead atoms. The average Bonchev–Trinajstić information content (AvgIpc) is 2.77. The lowest BCUT2D eigenvalue weighted by Gasteiger charge is -2.12. The number of sulfonamides is 1. The molecule has 0 aliphatic carbocycles. The van der Waals surface area contributed by atoms with Gasteiger partial charge in [0.15, 0.2) is 0 Å². The molecule has 2 N–H and O–H groups in total. The summed E-state index contributed by atoms with van der Waals surface area (Å²) in [6, 6.07) is 4.20. The molecule has 0 amide bonds. The largest absolute Gasteiger partial charge is 0.391 e. The van der Waals surface area contributed by atoms with Gasteiger partial charge in [-0.25, -0.2) is 12.8 Å². The Kier molecular flexibility index (Phi) is 4.12. The summed E-state index contributed by atoms with van der Waals surface area (Å²) in [5.74, 6) is -0.477. The van der Waals surface area contributed by atoms with Gasteiger partial charge in [-0.3, -0.25) is 4.72 Å². The molecule has 2 rings (SSSR count). The molecule has 0 spiro atoms. The minimum absolute atomic E-state index is 0.0636. The second-order valence-corrected chi connectivity index (χ2v) is 6.93. The van der Waals surface area contributed by atoms with E-state index in [1.165, 1.54) is 36.5 Å². The lowest BCUT2D eigenvalue weighted by atomic mass is 10.2. The van der Waals surface area contributed by atoms with Gasteiger partial charge in [0.2, 0.25) is 0 Å². The summed E-state index contributed by atoms with van der Waals surface area (Å²) in [6.45, 7) is 2.81. The standard InChI is InChI=1S/C13H14FNO3S2/c1-8-7-19-12(6-16)13(8)20(17,18)15-11-5-3-4-10(14)9(11)2/h3-5,7,15-16H,6H2,1-2H3. The van der Waals surface area contributed by atoms with E-state index in [0.29, 0.717) is 10.4 Å². The predicted molar refractivity (Wildman–Crippen MR) is 76.9 cm³/mol. The van der Waals surface area contributed by atoms with Crippen LogP contribution < -0.4 is 4.72 Å². The van der Waals surface area contributed by atoms with Gasteiger partial charge >= 0.3 is 0 Å². The van der Waals surface area contributed by atoms with Crippen LogP contribution in [0, 0.1) is 19.7 Å². The summed E-state index contributed by atoms with van der Waals surface area (Å²) < 4.78 is 40.6. The summed E-state index contributed by atoms with van der Waals surface area (Å²) in [4.78, 5) is 0.428. The monoisotopic (exact) mass is 315 g/mol. The van der Waals surface area contributed by atoms with E-state index in [1.807, 2.05) is 0 Å². The van der Waals surface area contributed by atoms with Gasteiger partial charge in [-0.05, 0) is 36.9 Å². The fourth-order valence-corrected chi connectivity index (χ4v) is 4.66. The molecule has 2 aromatic rings. The third-order valence-electron chi connectivity index (χ3n) is 2.91. The van der Waals surface area contributed by atoms with Gasteiger partial charge in [-0.2, -0.15) is 0 Å². The van der Waals surface area contributed by atoms with Gasteiger partial charge in [0, 0.05) is 5.56 Å². The van der Waals surface area contributed by atoms with Crippen molar-refractivity contribution < 1.29 is 17.9 Å². The van der Waals surface area contributed by atoms with Gasteiger partial charge < -0.3 is 5.11 Å². The third-order valence-corrected chi connectivity index (χ3v) is 5.73. The summed E-state index contributed by atoms with van der Waals surface area (Å²) in [7, 11) is -3.85. The first-order valence-corrected chi connectivity index (χ1v) is 8.19. The van der Waals surface area contributed by atoms with Crippen molar-refractivity contribution in [1.82, 2.24) is 0 Å². The molecule has 0 unspecified atom stereocenters. The number of nitrogens with one attached hydrogen (secondary N) is 1. The van der Waals surface area contributed by atoms with Crippen molar-refractivity contribution in [3.05, 3.63) is 45.4 Å². The quantitative estimate of drug-likeness (QED) is 0.912. The number of hydrogen-bond acceptors (Lipinski definition) is 4. The molecular weight excluding hydrogens is 301 g/mol. The van der Waals surface area contributed by atoms with Crippen molar-refractivity contribution in [2.75, 3.05) is 4.72 Å². The second kappa shape index (κ2) is 5.51. The van der Waals surface area contributed by atoms with Gasteiger partial charge in [0.1, 0.15) is 10.7 Å². The highest BCUT2D eigenvalue weighted by atomic mass is 32.2. The number of aliphatic hydroxyl groups is 1. The van der Waals surface area contributed by atoms with Gasteiger partial charge in [-0.15, -0.1) is 11.3 Å². The van der Waals surface area contributed by atoms with E-state index >= 15 is 0 Å². The van der Waals surface area contributed by atoms with E-state index in [4.69, 9.17) is 0 Å². The van der Waals surface area contributed by atoms with Gasteiger partial charge in [0.05, 0.1) is 17.2 Å². The van der Waals surface area contributed by atoms with Crippen LogP contribution >= 0.6 is 11.3 Å². The van der Waals surface area contributed by atoms with Crippen molar-refractivity contribution in [3.8, 4) is 0 Å². The van der Waals surface area contributed by atoms with Crippen LogP contribution in [0.3, 0.4) is 0 Å². The van der Waals surface area contributed by atoms with Crippen LogP contribution in [0.1, 0.15) is 16.0 Å². The maximum Gasteiger partial charge on any atom is 0.263 e. The first kappa shape index (κ1) is 15.0. The topological polar surface area (TPSA) is 66.4 Å². The number of benzene rings is 1. The maximum absolute atomic E-state index is 13.4. The van der Waals surface area contributed by atoms with E-state index < -0.39 is 15.8 Å². The van der Waals surface area contributed by atoms with Crippen LogP contribution in [0.4, 0.5) is 10.1 Å². The second-order valence-electron chi connectivity index (χ2n) is 4.35. The number of thiophene rings is 1. The number of halogens is 1. The Balaban J connectivity index is 2.46. The number of aliphatic hydroxyl groups excluding tert-OH is 1. The first-order valence-electron chi connectivity index (χ1n) is 5.82. The molecule has 108 valence electrons. The highest BCUT2D eigenvalue weighted by Crippen LogP contribution is 2.29. The molecule has 4 nitrogen and oxygen atoms in total. The summed E-state index contributed by atoms with van der Waals surface area (Å²) in [6.07, 6.45) is 0. The Morgan fingerprint density at radius 3 is 2.70 bits per heavy atom. The fraction of sp³-hybridized carbons (Fsp3) is 0.231. The van der Waals surface area contributed by atoms with Crippen LogP contribution in [0.5, 0.6) is 0 Å². The fourth-order valence-electron chi connectivity index (χ4n) is 1.87. The van der Waals surface area contributed by atoms with E-state index in [1.54, 1.807) is 12.3 Å². The Bertz CT molecular complexity index is 738. The molecule has 20 heavy (non-hydrogen) atoms. The van der Waals surface area contributed by atoms with Crippen LogP contribution in [-0.4, -0.2) is 13.5 Å². The molecule has 0 aliphatic rings. The molecule has 0 fully saturated rings. The highest BCUT2D eigenvalue weighted by molar-refractivity contribution is 7.93. The van der Waals surface area contributed by atoms with Crippen molar-refractivity contribution in [1.29, 1.82) is 0 Å². The van der Waals surface area contributed by atoms with E-state index in [-0.39, 0.29) is 22.8 Å². The Morgan fingerprint density at radius 1 is 1.35 bits per heavy atom. The zero-order valence-corrected chi connectivity index (χ0v) is 12.6. The lowest BCUT2D eigenvalue weighted by molar-refractivity contribution is 0.282. The summed E-state index contributed by atoms with van der Waals surface area (Å²) in [5.41, 5.74) is 0.981. The molecule has 0 aliphatic heterocycles. The number of anilines is 1. The zero-order valence-electron chi connectivity index (χ0n) is 11.0. The Morgan fingerprint density at radius 2 is 2.05 bits per heavy atom. The predicted octanol–water partition coefficient (Wildman–Crippen LogP) is 2.80. The summed E-state index contributed by atoms with van der Waals surface area (Å²) in [5, 5.41) is 10.9. The van der Waals surface area contributed by atoms with Gasteiger partial charge in [-0.1, -0.05) is 6.07 Å². The molecule has 0 atom stereocenters. The highest BCUT2D eigenvalue weighted by Gasteiger charge is 2.23. The van der Waals surface area contributed by atoms with Crippen LogP contribution in [0.25, 0.3) is 0 Å². The Labute approximate surface area is 120 Å². The molecule has 7 heteroatoms. The Hall–Kier alpha value is -1.44. The molecule has 0 saturated heterocycles. The molecule has 1 aromatic carbocycles. The van der Waals surface area contributed by atoms with Crippen LogP contribution in [-0.2, 0) is 16.6 Å². The number of aryl methyl sites for hydroxylation is 1. The normalized spacial score (nSPS) is 11.6. The van der Waals surface area contributed by atoms with E-state index in [2.05, 4.69) is 4.72 Å². The molecule has 0 saturated carbocycles. The van der Waals surface area contributed by atoms with E-state index in [9.17, 15) is 17.9 Å². The van der Waals surface area contributed by atoms with Crippen molar-refractivity contribution in [2.45, 2.75) is 25.3 Å². The van der Waals surface area contributed by atoms with Crippen molar-refractivity contribution in [3.63, 3.8) is 0 Å². The average molecular weight is 315 g/mol. The van der Waals surface area contributed by atoms with Crippen LogP contribution in [0.2, 0.25) is 0 Å². The minimum atomic E-state index is -3.85. The zero-order chi connectivity index (χ0) is 14.9. The molecule has 0 radical (unpaired) electrons. The summed E-state index contributed by atoms with van der Waals surface area (Å²) >= 11 is 1.18. The van der Waals surface area contributed by atoms with Crippen LogP contribution in [0.15, 0.2) is 28.5 Å². The molecule has 1 heterocycles. The van der Waals surface area contributed by atoms with E-state index in [0.717, 1.165) is 0 Å². The number of hydrogen-bond donors (Lipinski definition) is 2. The number of rotatable bonds is 4. The van der Waals surface area contributed by atoms with Gasteiger partial charge in [0.25, 0.3) is 10.0 Å². The van der Waals surface area contributed by atoms with Crippen molar-refractivity contribution >= 4 is 27.0 Å².